The SMILES string of the molecule is CC(=O)OC1O[C@H](C[Se+]2C[C@@H](OCc3ccccc3)[C@@H](OCc3ccccc3)[C@H]2COCc2ccccc2)[C@@H](OC(C)=O)[C@H](OC(C)=O)[C@H]1OC(C)=O. The van der Waals surface area contributed by atoms with Gasteiger partial charge in [-0.15, -0.1) is 0 Å². The molecule has 5 rings (SSSR count). The summed E-state index contributed by atoms with van der Waals surface area (Å²) in [6, 6.07) is 29.7. The molecule has 53 heavy (non-hydrogen) atoms. The summed E-state index contributed by atoms with van der Waals surface area (Å²) in [6.45, 7) is 6.24. The summed E-state index contributed by atoms with van der Waals surface area (Å²) in [5.41, 5.74) is 3.05. The van der Waals surface area contributed by atoms with Crippen LogP contribution >= 0.6 is 0 Å². The van der Waals surface area contributed by atoms with E-state index in [1.165, 1.54) is 27.7 Å². The van der Waals surface area contributed by atoms with Crippen LogP contribution in [0.1, 0.15) is 44.4 Å². The standard InChI is InChI=1S/C40H47O12Se/c1-26(41)48-37-34(52-40(51-29(4)44)39(50-28(3)43)38(37)49-27(2)42)25-53-24-33(46-21-31-16-10-6-11-17-31)36(47-22-32-18-12-7-13-19-32)35(53)23-45-20-30-14-8-5-9-15-30/h5-19,33-40H,20-25H2,1-4H3/q+1/t33-,34-,35-,36-,37-,38+,39-,40?,53?/m1/s1. The van der Waals surface area contributed by atoms with E-state index in [0.29, 0.717) is 37.1 Å². The third kappa shape index (κ3) is 11.9. The van der Waals surface area contributed by atoms with E-state index >= 15 is 0 Å². The predicted molar refractivity (Wildman–Crippen MR) is 192 cm³/mol. The molecule has 3 aromatic carbocycles. The fourth-order valence-corrected chi connectivity index (χ4v) is 12.7. The number of carbonyl (C=O) groups is 4. The van der Waals surface area contributed by atoms with Crippen LogP contribution in [0.3, 0.4) is 0 Å². The van der Waals surface area contributed by atoms with E-state index in [-0.39, 0.29) is 17.0 Å². The van der Waals surface area contributed by atoms with Gasteiger partial charge in [0.2, 0.25) is 0 Å². The van der Waals surface area contributed by atoms with Gasteiger partial charge in [0.05, 0.1) is 0 Å². The molecule has 0 bridgehead atoms. The minimum absolute atomic E-state index is 0.115. The van der Waals surface area contributed by atoms with Gasteiger partial charge in [0.25, 0.3) is 0 Å². The van der Waals surface area contributed by atoms with Gasteiger partial charge in [-0.05, 0) is 0 Å². The van der Waals surface area contributed by atoms with Crippen LogP contribution in [0, 0.1) is 0 Å². The molecule has 0 aromatic heterocycles. The Bertz CT molecular complexity index is 1620. The third-order valence-corrected chi connectivity index (χ3v) is 14.5. The minimum atomic E-state index is -1.91. The van der Waals surface area contributed by atoms with Crippen molar-refractivity contribution >= 4 is 37.8 Å². The van der Waals surface area contributed by atoms with Crippen LogP contribution in [0.15, 0.2) is 91.0 Å². The van der Waals surface area contributed by atoms with Gasteiger partial charge in [0, 0.05) is 0 Å². The van der Waals surface area contributed by atoms with Gasteiger partial charge >= 0.3 is 315 Å². The Kier molecular flexibility index (Phi) is 15.0. The average Bonchev–Trinajstić information content (AvgIpc) is 3.45. The Balaban J connectivity index is 1.48. The zero-order valence-electron chi connectivity index (χ0n) is 30.3. The van der Waals surface area contributed by atoms with E-state index in [1.807, 2.05) is 91.0 Å². The van der Waals surface area contributed by atoms with Crippen molar-refractivity contribution in [3.05, 3.63) is 108 Å². The molecule has 2 heterocycles. The number of hydrogen-bond donors (Lipinski definition) is 0. The normalized spacial score (nSPS) is 26.7. The van der Waals surface area contributed by atoms with Crippen LogP contribution in [0.25, 0.3) is 0 Å². The first kappa shape index (κ1) is 40.1. The molecule has 0 saturated carbocycles. The molecular weight excluding hydrogens is 751 g/mol. The van der Waals surface area contributed by atoms with Gasteiger partial charge in [-0.3, -0.25) is 0 Å². The molecule has 2 aliphatic rings. The van der Waals surface area contributed by atoms with E-state index in [0.717, 1.165) is 16.7 Å². The van der Waals surface area contributed by atoms with Gasteiger partial charge in [0.15, 0.2) is 0 Å². The quantitative estimate of drug-likeness (QED) is 0.105. The molecule has 284 valence electrons. The van der Waals surface area contributed by atoms with Crippen LogP contribution < -0.4 is 0 Å². The first-order valence-electron chi connectivity index (χ1n) is 17.5. The molecule has 3 aromatic rings. The summed E-state index contributed by atoms with van der Waals surface area (Å²) in [4.78, 5) is 49.3. The monoisotopic (exact) mass is 799 g/mol. The topological polar surface area (TPSA) is 142 Å². The van der Waals surface area contributed by atoms with Crippen molar-refractivity contribution in [3.8, 4) is 0 Å². The Morgan fingerprint density at radius 2 is 1.06 bits per heavy atom. The first-order valence-corrected chi connectivity index (χ1v) is 20.9. The zero-order valence-corrected chi connectivity index (χ0v) is 32.0. The molecule has 2 fully saturated rings. The first-order chi connectivity index (χ1) is 25.6. The maximum atomic E-state index is 12.5. The number of esters is 4. The average molecular weight is 799 g/mol. The van der Waals surface area contributed by atoms with Gasteiger partial charge < -0.3 is 0 Å². The zero-order chi connectivity index (χ0) is 37.7. The Hall–Kier alpha value is -4.10. The molecule has 12 nitrogen and oxygen atoms in total. The van der Waals surface area contributed by atoms with Crippen LogP contribution in [0.2, 0.25) is 15.5 Å². The van der Waals surface area contributed by atoms with Gasteiger partial charge in [-0.2, -0.15) is 0 Å². The summed E-state index contributed by atoms with van der Waals surface area (Å²) in [5, 5.41) is 0.998. The summed E-state index contributed by atoms with van der Waals surface area (Å²) in [6.07, 6.45) is -6.92. The Labute approximate surface area is 314 Å². The maximum absolute atomic E-state index is 12.5. The Morgan fingerprint density at radius 1 is 0.585 bits per heavy atom. The second kappa shape index (κ2) is 19.8. The van der Waals surface area contributed by atoms with Gasteiger partial charge in [-0.1, -0.05) is 0 Å². The fraction of sp³-hybridized carbons (Fsp3) is 0.450. The molecule has 0 N–H and O–H groups in total. The van der Waals surface area contributed by atoms with Crippen molar-refractivity contribution in [2.45, 2.75) is 106 Å². The van der Waals surface area contributed by atoms with E-state index in [2.05, 4.69) is 0 Å². The van der Waals surface area contributed by atoms with Crippen LogP contribution in [-0.2, 0) is 76.9 Å². The molecule has 9 atom stereocenters. The van der Waals surface area contributed by atoms with Crippen LogP contribution in [0.4, 0.5) is 0 Å². The van der Waals surface area contributed by atoms with Crippen molar-refractivity contribution in [1.29, 1.82) is 0 Å². The van der Waals surface area contributed by atoms with Crippen molar-refractivity contribution in [2.24, 2.45) is 0 Å². The summed E-state index contributed by atoms with van der Waals surface area (Å²) in [7, 11) is 0. The second-order valence-electron chi connectivity index (χ2n) is 12.9. The molecule has 0 spiro atoms. The van der Waals surface area contributed by atoms with Crippen molar-refractivity contribution < 1.29 is 57.1 Å². The van der Waals surface area contributed by atoms with Crippen molar-refractivity contribution in [3.63, 3.8) is 0 Å². The van der Waals surface area contributed by atoms with E-state index in [4.69, 9.17) is 37.9 Å². The molecule has 2 aliphatic heterocycles. The van der Waals surface area contributed by atoms with E-state index in [1.54, 1.807) is 0 Å². The number of carbonyl (C=O) groups excluding carboxylic acids is 4. The van der Waals surface area contributed by atoms with E-state index < -0.39 is 68.5 Å². The number of rotatable bonds is 16. The molecule has 0 amide bonds. The van der Waals surface area contributed by atoms with Crippen molar-refractivity contribution in [1.82, 2.24) is 0 Å². The molecule has 2 unspecified atom stereocenters. The molecule has 0 aliphatic carbocycles. The fourth-order valence-electron chi connectivity index (χ4n) is 6.47. The third-order valence-electron chi connectivity index (χ3n) is 8.68. The molecular formula is C40H47O12Se+. The van der Waals surface area contributed by atoms with Gasteiger partial charge in [-0.25, -0.2) is 0 Å². The molecule has 2 saturated heterocycles. The molecule has 13 heteroatoms. The second-order valence-corrected chi connectivity index (χ2v) is 17.8. The van der Waals surface area contributed by atoms with Crippen molar-refractivity contribution in [2.75, 3.05) is 6.61 Å². The van der Waals surface area contributed by atoms with Crippen LogP contribution in [0.5, 0.6) is 0 Å². The number of hydrogen-bond acceptors (Lipinski definition) is 12. The van der Waals surface area contributed by atoms with E-state index in [9.17, 15) is 19.2 Å². The van der Waals surface area contributed by atoms with Crippen LogP contribution in [-0.4, -0.2) is 87.3 Å². The summed E-state index contributed by atoms with van der Waals surface area (Å²) < 4.78 is 48.5. The number of ether oxygens (including phenoxy) is 8. The number of benzene rings is 3. The predicted octanol–water partition coefficient (Wildman–Crippen LogP) is 5.34. The summed E-state index contributed by atoms with van der Waals surface area (Å²) in [5.74, 6) is -2.80. The van der Waals surface area contributed by atoms with Gasteiger partial charge in [0.1, 0.15) is 0 Å². The summed E-state index contributed by atoms with van der Waals surface area (Å²) >= 11 is -1.91. The Morgan fingerprint density at radius 3 is 1.58 bits per heavy atom. The molecule has 0 radical (unpaired) electrons.